The second kappa shape index (κ2) is 8.22. The van der Waals surface area contributed by atoms with Gasteiger partial charge in [0.1, 0.15) is 11.0 Å². The van der Waals surface area contributed by atoms with Crippen LogP contribution in [0.3, 0.4) is 0 Å². The maximum atomic E-state index is 10.6. The second-order valence-electron chi connectivity index (χ2n) is 4.00. The highest BCUT2D eigenvalue weighted by atomic mass is 35.5. The predicted octanol–water partition coefficient (Wildman–Crippen LogP) is 2.93. The summed E-state index contributed by atoms with van der Waals surface area (Å²) < 4.78 is 0. The largest absolute Gasteiger partial charge is 0.481 e. The zero-order valence-corrected chi connectivity index (χ0v) is 12.7. The van der Waals surface area contributed by atoms with E-state index in [1.54, 1.807) is 6.07 Å². The van der Waals surface area contributed by atoms with Crippen LogP contribution in [0.25, 0.3) is 0 Å². The standard InChI is InChI=1S/C12H18ClN3O2S/c1-3-5-16(6-4-2)10-7-9(13)14-12(15-10)19-8-11(17)18/h7H,3-6,8H2,1-2H3,(H,17,18). The molecule has 0 saturated carbocycles. The molecule has 0 spiro atoms. The van der Waals surface area contributed by atoms with Crippen molar-refractivity contribution >= 4 is 35.1 Å². The average Bonchev–Trinajstić information content (AvgIpc) is 2.35. The number of thioether (sulfide) groups is 1. The van der Waals surface area contributed by atoms with E-state index in [9.17, 15) is 4.79 Å². The van der Waals surface area contributed by atoms with Crippen molar-refractivity contribution in [3.05, 3.63) is 11.2 Å². The molecule has 0 atom stereocenters. The van der Waals surface area contributed by atoms with E-state index < -0.39 is 5.97 Å². The molecule has 0 aliphatic carbocycles. The van der Waals surface area contributed by atoms with Crippen molar-refractivity contribution in [2.75, 3.05) is 23.7 Å². The first-order chi connectivity index (χ1) is 9.06. The maximum absolute atomic E-state index is 10.6. The monoisotopic (exact) mass is 303 g/mol. The molecule has 0 aromatic carbocycles. The number of anilines is 1. The van der Waals surface area contributed by atoms with Crippen LogP contribution in [0, 0.1) is 0 Å². The molecule has 19 heavy (non-hydrogen) atoms. The van der Waals surface area contributed by atoms with Gasteiger partial charge >= 0.3 is 5.97 Å². The molecule has 5 nitrogen and oxygen atoms in total. The van der Waals surface area contributed by atoms with Crippen LogP contribution in [0.1, 0.15) is 26.7 Å². The van der Waals surface area contributed by atoms with Crippen molar-refractivity contribution in [1.29, 1.82) is 0 Å². The van der Waals surface area contributed by atoms with Crippen LogP contribution in [0.4, 0.5) is 5.82 Å². The number of hydrogen-bond acceptors (Lipinski definition) is 5. The van der Waals surface area contributed by atoms with Crippen molar-refractivity contribution < 1.29 is 9.90 Å². The molecule has 0 aliphatic rings. The molecule has 1 aromatic rings. The van der Waals surface area contributed by atoms with Gasteiger partial charge in [-0.2, -0.15) is 0 Å². The molecule has 106 valence electrons. The van der Waals surface area contributed by atoms with Crippen molar-refractivity contribution in [3.8, 4) is 0 Å². The van der Waals surface area contributed by atoms with E-state index in [0.717, 1.165) is 43.5 Å². The normalized spacial score (nSPS) is 10.5. The van der Waals surface area contributed by atoms with Gasteiger partial charge in [0.25, 0.3) is 0 Å². The topological polar surface area (TPSA) is 66.3 Å². The molecule has 7 heteroatoms. The van der Waals surface area contributed by atoms with E-state index in [1.807, 2.05) is 0 Å². The maximum Gasteiger partial charge on any atom is 0.313 e. The highest BCUT2D eigenvalue weighted by Crippen LogP contribution is 2.22. The first-order valence-corrected chi connectivity index (χ1v) is 7.57. The summed E-state index contributed by atoms with van der Waals surface area (Å²) in [7, 11) is 0. The summed E-state index contributed by atoms with van der Waals surface area (Å²) in [4.78, 5) is 21.1. The summed E-state index contributed by atoms with van der Waals surface area (Å²) in [6, 6.07) is 1.72. The van der Waals surface area contributed by atoms with Gasteiger partial charge in [0.15, 0.2) is 5.16 Å². The van der Waals surface area contributed by atoms with Crippen molar-refractivity contribution in [3.63, 3.8) is 0 Å². The minimum absolute atomic E-state index is 0.0681. The van der Waals surface area contributed by atoms with Gasteiger partial charge in [-0.3, -0.25) is 4.79 Å². The lowest BCUT2D eigenvalue weighted by Crippen LogP contribution is -2.26. The summed E-state index contributed by atoms with van der Waals surface area (Å²) in [5, 5.41) is 9.42. The Hall–Kier alpha value is -1.01. The van der Waals surface area contributed by atoms with Crippen LogP contribution in [0.2, 0.25) is 5.15 Å². The summed E-state index contributed by atoms with van der Waals surface area (Å²) in [6.45, 7) is 5.99. The van der Waals surface area contributed by atoms with Gasteiger partial charge in [-0.1, -0.05) is 37.2 Å². The first-order valence-electron chi connectivity index (χ1n) is 6.21. The zero-order valence-electron chi connectivity index (χ0n) is 11.1. The van der Waals surface area contributed by atoms with E-state index in [0.29, 0.717) is 10.3 Å². The Kier molecular flexibility index (Phi) is 6.94. The molecule has 0 saturated heterocycles. The Balaban J connectivity index is 2.89. The van der Waals surface area contributed by atoms with Crippen LogP contribution < -0.4 is 4.90 Å². The van der Waals surface area contributed by atoms with Crippen molar-refractivity contribution in [1.82, 2.24) is 9.97 Å². The third-order valence-electron chi connectivity index (χ3n) is 2.30. The lowest BCUT2D eigenvalue weighted by Gasteiger charge is -2.22. The molecular weight excluding hydrogens is 286 g/mol. The van der Waals surface area contributed by atoms with E-state index in [2.05, 4.69) is 28.7 Å². The SMILES string of the molecule is CCCN(CCC)c1cc(Cl)nc(SCC(=O)O)n1. The average molecular weight is 304 g/mol. The minimum Gasteiger partial charge on any atom is -0.481 e. The molecule has 0 unspecified atom stereocenters. The van der Waals surface area contributed by atoms with E-state index in [4.69, 9.17) is 16.7 Å². The molecule has 0 bridgehead atoms. The lowest BCUT2D eigenvalue weighted by atomic mass is 10.3. The molecule has 0 radical (unpaired) electrons. The first kappa shape index (κ1) is 16.0. The molecule has 1 N–H and O–H groups in total. The fourth-order valence-corrected chi connectivity index (χ4v) is 2.42. The summed E-state index contributed by atoms with van der Waals surface area (Å²) >= 11 is 7.05. The van der Waals surface area contributed by atoms with Crippen LogP contribution in [0.15, 0.2) is 11.2 Å². The van der Waals surface area contributed by atoms with Crippen LogP contribution in [-0.4, -0.2) is 39.9 Å². The Morgan fingerprint density at radius 2 is 2.00 bits per heavy atom. The van der Waals surface area contributed by atoms with Crippen LogP contribution in [0.5, 0.6) is 0 Å². The molecule has 1 aromatic heterocycles. The lowest BCUT2D eigenvalue weighted by molar-refractivity contribution is -0.133. The number of carboxylic acid groups (broad SMARTS) is 1. The molecule has 1 heterocycles. The second-order valence-corrected chi connectivity index (χ2v) is 5.33. The fourth-order valence-electron chi connectivity index (χ4n) is 1.62. The third-order valence-corrected chi connectivity index (χ3v) is 3.32. The zero-order chi connectivity index (χ0) is 14.3. The van der Waals surface area contributed by atoms with Gasteiger partial charge in [0.2, 0.25) is 0 Å². The number of hydrogen-bond donors (Lipinski definition) is 1. The van der Waals surface area contributed by atoms with Crippen LogP contribution in [-0.2, 0) is 4.79 Å². The number of aliphatic carboxylic acids is 1. The van der Waals surface area contributed by atoms with Crippen molar-refractivity contribution in [2.24, 2.45) is 0 Å². The number of carboxylic acids is 1. The van der Waals surface area contributed by atoms with Gasteiger partial charge in [-0.15, -0.1) is 0 Å². The molecule has 0 fully saturated rings. The Morgan fingerprint density at radius 1 is 1.37 bits per heavy atom. The van der Waals surface area contributed by atoms with Gasteiger partial charge in [0.05, 0.1) is 5.75 Å². The quantitative estimate of drug-likeness (QED) is 0.452. The van der Waals surface area contributed by atoms with E-state index in [1.165, 1.54) is 0 Å². The fraction of sp³-hybridized carbons (Fsp3) is 0.583. The molecule has 0 amide bonds. The van der Waals surface area contributed by atoms with Gasteiger partial charge in [0, 0.05) is 19.2 Å². The van der Waals surface area contributed by atoms with Gasteiger partial charge < -0.3 is 10.0 Å². The van der Waals surface area contributed by atoms with Crippen LogP contribution >= 0.6 is 23.4 Å². The Bertz CT molecular complexity index is 425. The number of carbonyl (C=O) groups is 1. The molecule has 1 rings (SSSR count). The summed E-state index contributed by atoms with van der Waals surface area (Å²) in [5.41, 5.74) is 0. The Morgan fingerprint density at radius 3 is 2.53 bits per heavy atom. The number of rotatable bonds is 8. The van der Waals surface area contributed by atoms with Crippen molar-refractivity contribution in [2.45, 2.75) is 31.8 Å². The number of nitrogens with zero attached hydrogens (tertiary/aromatic N) is 3. The van der Waals surface area contributed by atoms with E-state index in [-0.39, 0.29) is 5.75 Å². The smallest absolute Gasteiger partial charge is 0.313 e. The third kappa shape index (κ3) is 5.65. The number of aromatic nitrogens is 2. The molecule has 0 aliphatic heterocycles. The number of halogens is 1. The highest BCUT2D eigenvalue weighted by molar-refractivity contribution is 7.99. The van der Waals surface area contributed by atoms with Gasteiger partial charge in [-0.05, 0) is 12.8 Å². The predicted molar refractivity (Wildman–Crippen MR) is 78.2 cm³/mol. The summed E-state index contributed by atoms with van der Waals surface area (Å²) in [6.07, 6.45) is 2.03. The van der Waals surface area contributed by atoms with E-state index >= 15 is 0 Å². The Labute approximate surface area is 122 Å². The summed E-state index contributed by atoms with van der Waals surface area (Å²) in [5.74, 6) is -0.202. The minimum atomic E-state index is -0.894. The molecular formula is C12H18ClN3O2S. The van der Waals surface area contributed by atoms with Gasteiger partial charge in [-0.25, -0.2) is 9.97 Å². The highest BCUT2D eigenvalue weighted by Gasteiger charge is 2.11.